The molecule has 5 heteroatoms. The van der Waals surface area contributed by atoms with Crippen molar-refractivity contribution >= 4 is 12.1 Å². The van der Waals surface area contributed by atoms with Gasteiger partial charge in [-0.25, -0.2) is 4.79 Å². The average Bonchev–Trinajstić information content (AvgIpc) is 1.96. The summed E-state index contributed by atoms with van der Waals surface area (Å²) in [5.41, 5.74) is -0.631. The number of alkyl carbamates (subject to hydrolysis) is 1. The summed E-state index contributed by atoms with van der Waals surface area (Å²) in [5.74, 6) is -1.31. The predicted octanol–water partition coefficient (Wildman–Crippen LogP) is 0.0396. The van der Waals surface area contributed by atoms with E-state index in [-0.39, 0.29) is 6.42 Å². The van der Waals surface area contributed by atoms with Crippen LogP contribution in [0.5, 0.6) is 0 Å². The van der Waals surface area contributed by atoms with Crippen molar-refractivity contribution in [3.05, 3.63) is 0 Å². The van der Waals surface area contributed by atoms with Crippen LogP contribution in [-0.2, 0) is 9.53 Å². The Kier molecular flexibility index (Phi) is 4.40. The lowest BCUT2D eigenvalue weighted by Gasteiger charge is -2.23. The summed E-state index contributed by atoms with van der Waals surface area (Å²) >= 11 is 0. The molecule has 0 aliphatic heterocycles. The first-order chi connectivity index (χ1) is 6.26. The van der Waals surface area contributed by atoms with Crippen molar-refractivity contribution in [1.29, 1.82) is 0 Å². The smallest absolute Gasteiger partial charge is 0.408 e. The molecule has 0 aliphatic rings. The van der Waals surface area contributed by atoms with Gasteiger partial charge in [0.1, 0.15) is 5.60 Å². The number of rotatable bonds is 3. The van der Waals surface area contributed by atoms with Crippen molar-refractivity contribution < 1.29 is 19.4 Å². The molecule has 0 bridgehead atoms. The maximum atomic E-state index is 11.1. The van der Waals surface area contributed by atoms with Gasteiger partial charge in [-0.2, -0.15) is 0 Å². The van der Waals surface area contributed by atoms with Gasteiger partial charge in [0.25, 0.3) is 0 Å². The molecule has 0 aliphatic carbocycles. The van der Waals surface area contributed by atoms with Crippen LogP contribution in [0.25, 0.3) is 0 Å². The monoisotopic (exact) mass is 202 g/mol. The fourth-order valence-electron chi connectivity index (χ4n) is 0.777. The van der Waals surface area contributed by atoms with Crippen LogP contribution in [0.15, 0.2) is 0 Å². The van der Waals surface area contributed by atoms with Crippen LogP contribution in [0, 0.1) is 0 Å². The van der Waals surface area contributed by atoms with Gasteiger partial charge in [-0.3, -0.25) is 0 Å². The Morgan fingerprint density at radius 1 is 1.43 bits per heavy atom. The summed E-state index contributed by atoms with van der Waals surface area (Å²) in [6.07, 6.45) is -0.477. The van der Waals surface area contributed by atoms with Gasteiger partial charge in [0.05, 0.1) is 12.0 Å². The van der Waals surface area contributed by atoms with E-state index in [0.29, 0.717) is 0 Å². The normalized spacial score (nSPS) is 13.1. The third-order valence-corrected chi connectivity index (χ3v) is 1.38. The minimum absolute atomic E-state index is 0.265. The molecular weight excluding hydrogens is 186 g/mol. The van der Waals surface area contributed by atoms with Crippen LogP contribution in [0.2, 0.25) is 0 Å². The van der Waals surface area contributed by atoms with Gasteiger partial charge in [0.2, 0.25) is 0 Å². The molecule has 0 radical (unpaired) electrons. The van der Waals surface area contributed by atoms with Crippen molar-refractivity contribution in [3.63, 3.8) is 0 Å². The maximum absolute atomic E-state index is 11.1. The molecule has 0 aromatic rings. The quantitative estimate of drug-likeness (QED) is 0.700. The second kappa shape index (κ2) is 4.83. The third kappa shape index (κ3) is 5.40. The van der Waals surface area contributed by atoms with E-state index < -0.39 is 23.7 Å². The second-order valence-electron chi connectivity index (χ2n) is 3.93. The van der Waals surface area contributed by atoms with Gasteiger partial charge in [-0.15, -0.1) is 0 Å². The molecule has 14 heavy (non-hydrogen) atoms. The predicted molar refractivity (Wildman–Crippen MR) is 48.5 cm³/mol. The van der Waals surface area contributed by atoms with Gasteiger partial charge in [-0.05, 0) is 27.2 Å². The van der Waals surface area contributed by atoms with Gasteiger partial charge in [-0.1, -0.05) is 6.92 Å². The molecule has 0 fully saturated rings. The van der Waals surface area contributed by atoms with E-state index in [9.17, 15) is 14.7 Å². The van der Waals surface area contributed by atoms with E-state index in [2.05, 4.69) is 5.32 Å². The Balaban J connectivity index is 4.11. The summed E-state index contributed by atoms with van der Waals surface area (Å²) in [6.45, 7) is 6.74. The summed E-state index contributed by atoms with van der Waals surface area (Å²) in [7, 11) is 0. The molecule has 82 valence electrons. The third-order valence-electron chi connectivity index (χ3n) is 1.38. The second-order valence-corrected chi connectivity index (χ2v) is 3.93. The molecule has 1 N–H and O–H groups in total. The molecule has 0 aromatic heterocycles. The van der Waals surface area contributed by atoms with E-state index in [0.717, 1.165) is 0 Å². The van der Waals surface area contributed by atoms with Gasteiger partial charge in [0, 0.05) is 0 Å². The van der Waals surface area contributed by atoms with Crippen LogP contribution < -0.4 is 10.4 Å². The Hall–Kier alpha value is -1.26. The summed E-state index contributed by atoms with van der Waals surface area (Å²) in [5, 5.41) is 12.6. The maximum Gasteiger partial charge on any atom is 0.408 e. The first-order valence-electron chi connectivity index (χ1n) is 4.46. The molecule has 5 nitrogen and oxygen atoms in total. The fourth-order valence-corrected chi connectivity index (χ4v) is 0.777. The lowest BCUT2D eigenvalue weighted by Crippen LogP contribution is -2.48. The highest BCUT2D eigenvalue weighted by molar-refractivity contribution is 5.78. The minimum Gasteiger partial charge on any atom is -0.548 e. The molecule has 0 spiro atoms. The SMILES string of the molecule is CCC(NC(=O)OC(C)(C)C)C(=O)[O-]. The van der Waals surface area contributed by atoms with E-state index in [1.54, 1.807) is 27.7 Å². The number of carbonyl (C=O) groups excluding carboxylic acids is 2. The number of hydrogen-bond donors (Lipinski definition) is 1. The topological polar surface area (TPSA) is 78.5 Å². The van der Waals surface area contributed by atoms with Gasteiger partial charge < -0.3 is 20.0 Å². The number of aliphatic carboxylic acids is 1. The molecule has 0 heterocycles. The van der Waals surface area contributed by atoms with Crippen LogP contribution in [-0.4, -0.2) is 23.7 Å². The molecule has 0 aromatic carbocycles. The van der Waals surface area contributed by atoms with Crippen LogP contribution in [0.4, 0.5) is 4.79 Å². The van der Waals surface area contributed by atoms with Gasteiger partial charge >= 0.3 is 6.09 Å². The lowest BCUT2D eigenvalue weighted by atomic mass is 10.2. The molecule has 1 amide bonds. The molecule has 1 unspecified atom stereocenters. The molecule has 0 rings (SSSR count). The first-order valence-corrected chi connectivity index (χ1v) is 4.46. The lowest BCUT2D eigenvalue weighted by molar-refractivity contribution is -0.308. The fraction of sp³-hybridized carbons (Fsp3) is 0.778. The highest BCUT2D eigenvalue weighted by Crippen LogP contribution is 2.06. The molecule has 1 atom stereocenters. The van der Waals surface area contributed by atoms with Crippen molar-refractivity contribution in [2.75, 3.05) is 0 Å². The number of ether oxygens (including phenoxy) is 1. The number of nitrogens with one attached hydrogen (secondary N) is 1. The number of carboxylic acids is 1. The summed E-state index contributed by atoms with van der Waals surface area (Å²) in [6, 6.07) is -0.996. The van der Waals surface area contributed by atoms with E-state index in [1.807, 2.05) is 0 Å². The number of carboxylic acid groups (broad SMARTS) is 1. The highest BCUT2D eigenvalue weighted by Gasteiger charge is 2.18. The zero-order chi connectivity index (χ0) is 11.4. The Morgan fingerprint density at radius 2 is 1.93 bits per heavy atom. The largest absolute Gasteiger partial charge is 0.548 e. The van der Waals surface area contributed by atoms with Crippen LogP contribution in [0.3, 0.4) is 0 Å². The minimum atomic E-state index is -1.31. The zero-order valence-electron chi connectivity index (χ0n) is 8.92. The Morgan fingerprint density at radius 3 is 2.21 bits per heavy atom. The van der Waals surface area contributed by atoms with Crippen molar-refractivity contribution in [1.82, 2.24) is 5.32 Å². The Labute approximate surface area is 83.4 Å². The summed E-state index contributed by atoms with van der Waals surface area (Å²) in [4.78, 5) is 21.6. The van der Waals surface area contributed by atoms with Crippen molar-refractivity contribution in [2.45, 2.75) is 45.8 Å². The number of carbonyl (C=O) groups is 2. The van der Waals surface area contributed by atoms with Crippen molar-refractivity contribution in [3.8, 4) is 0 Å². The van der Waals surface area contributed by atoms with Crippen molar-refractivity contribution in [2.24, 2.45) is 0 Å². The van der Waals surface area contributed by atoms with Gasteiger partial charge in [0.15, 0.2) is 0 Å². The summed E-state index contributed by atoms with van der Waals surface area (Å²) < 4.78 is 4.88. The van der Waals surface area contributed by atoms with Crippen LogP contribution >= 0.6 is 0 Å². The van der Waals surface area contributed by atoms with Crippen LogP contribution in [0.1, 0.15) is 34.1 Å². The zero-order valence-corrected chi connectivity index (χ0v) is 8.92. The number of hydrogen-bond acceptors (Lipinski definition) is 4. The molecule has 0 saturated carbocycles. The Bertz CT molecular complexity index is 219. The standard InChI is InChI=1S/C9H17NO4/c1-5-6(7(11)12)10-8(13)14-9(2,3)4/h6H,5H2,1-4H3,(H,10,13)(H,11,12)/p-1. The van der Waals surface area contributed by atoms with E-state index >= 15 is 0 Å². The molecule has 0 saturated heterocycles. The van der Waals surface area contributed by atoms with E-state index in [4.69, 9.17) is 4.74 Å². The molecular formula is C9H16NO4-. The first kappa shape index (κ1) is 12.7. The van der Waals surface area contributed by atoms with E-state index in [1.165, 1.54) is 0 Å². The number of amides is 1. The highest BCUT2D eigenvalue weighted by atomic mass is 16.6. The average molecular weight is 202 g/mol.